The number of H-pyrrole nitrogens is 1. The Bertz CT molecular complexity index is 666. The third-order valence-electron chi connectivity index (χ3n) is 2.45. The predicted molar refractivity (Wildman–Crippen MR) is 90.0 cm³/mol. The molecule has 0 unspecified atom stereocenters. The van der Waals surface area contributed by atoms with Crippen LogP contribution in [0.2, 0.25) is 0 Å². The summed E-state index contributed by atoms with van der Waals surface area (Å²) in [6.45, 7) is 6.09. The minimum absolute atomic E-state index is 0.157. The summed E-state index contributed by atoms with van der Waals surface area (Å²) in [5.41, 5.74) is 0.399. The summed E-state index contributed by atoms with van der Waals surface area (Å²) >= 11 is 11.7. The Hall–Kier alpha value is 0.0200. The Balaban J connectivity index is 2.67. The molecule has 0 aliphatic heterocycles. The van der Waals surface area contributed by atoms with E-state index in [2.05, 4.69) is 57.8 Å². The van der Waals surface area contributed by atoms with Crippen molar-refractivity contribution in [2.24, 2.45) is 0 Å². The number of aromatic nitrogens is 2. The van der Waals surface area contributed by atoms with Crippen LogP contribution < -0.4 is 5.56 Å². The summed E-state index contributed by atoms with van der Waals surface area (Å²) in [5.74, 6) is 0.592. The first-order valence-electron chi connectivity index (χ1n) is 5.45. The standard InChI is InChI=1S/C12H11Br3N2OS/c1-12(2,3)8-7(14)11(18)17-10(16-8)6-4-5(13)9(15)19-6/h4H,1-3H3,(H,16,17,18). The molecular formula is C12H11Br3N2OS. The van der Waals surface area contributed by atoms with Gasteiger partial charge >= 0.3 is 0 Å². The zero-order valence-electron chi connectivity index (χ0n) is 10.5. The molecule has 0 radical (unpaired) electrons. The highest BCUT2D eigenvalue weighted by atomic mass is 79.9. The minimum Gasteiger partial charge on any atom is -0.305 e. The molecule has 0 aromatic carbocycles. The van der Waals surface area contributed by atoms with E-state index < -0.39 is 0 Å². The third kappa shape index (κ3) is 3.20. The van der Waals surface area contributed by atoms with Crippen LogP contribution in [-0.2, 0) is 5.41 Å². The molecule has 0 bridgehead atoms. The Morgan fingerprint density at radius 2 is 1.89 bits per heavy atom. The molecule has 2 rings (SSSR count). The molecule has 0 atom stereocenters. The number of rotatable bonds is 1. The Morgan fingerprint density at radius 1 is 1.26 bits per heavy atom. The highest BCUT2D eigenvalue weighted by Crippen LogP contribution is 2.37. The number of hydrogen-bond donors (Lipinski definition) is 1. The van der Waals surface area contributed by atoms with Crippen molar-refractivity contribution in [2.45, 2.75) is 26.2 Å². The Morgan fingerprint density at radius 3 is 2.37 bits per heavy atom. The first-order chi connectivity index (χ1) is 8.70. The van der Waals surface area contributed by atoms with E-state index in [0.29, 0.717) is 10.3 Å². The topological polar surface area (TPSA) is 45.8 Å². The first kappa shape index (κ1) is 15.4. The number of halogens is 3. The Labute approximate surface area is 140 Å². The molecule has 2 heterocycles. The highest BCUT2D eigenvalue weighted by Gasteiger charge is 2.23. The fourth-order valence-corrected chi connectivity index (χ4v) is 4.30. The van der Waals surface area contributed by atoms with Gasteiger partial charge in [0.15, 0.2) is 5.82 Å². The highest BCUT2D eigenvalue weighted by molar-refractivity contribution is 9.13. The van der Waals surface area contributed by atoms with Crippen molar-refractivity contribution in [3.8, 4) is 10.7 Å². The second-order valence-corrected chi connectivity index (χ2v) is 9.08. The zero-order valence-corrected chi connectivity index (χ0v) is 16.0. The lowest BCUT2D eigenvalue weighted by Gasteiger charge is -2.19. The van der Waals surface area contributed by atoms with Crippen LogP contribution in [0.25, 0.3) is 10.7 Å². The second kappa shape index (κ2) is 5.42. The Kier molecular flexibility index (Phi) is 4.40. The number of nitrogens with zero attached hydrogens (tertiary/aromatic N) is 1. The van der Waals surface area contributed by atoms with Gasteiger partial charge in [-0.1, -0.05) is 20.8 Å². The lowest BCUT2D eigenvalue weighted by atomic mass is 9.92. The van der Waals surface area contributed by atoms with Crippen LogP contribution in [-0.4, -0.2) is 9.97 Å². The van der Waals surface area contributed by atoms with E-state index >= 15 is 0 Å². The molecule has 0 aliphatic rings. The molecule has 7 heteroatoms. The van der Waals surface area contributed by atoms with Crippen molar-refractivity contribution in [2.75, 3.05) is 0 Å². The molecule has 0 saturated heterocycles. The van der Waals surface area contributed by atoms with Gasteiger partial charge in [-0.05, 0) is 53.9 Å². The van der Waals surface area contributed by atoms with Gasteiger partial charge < -0.3 is 4.98 Å². The van der Waals surface area contributed by atoms with Crippen LogP contribution in [0, 0.1) is 0 Å². The van der Waals surface area contributed by atoms with Crippen LogP contribution in [0.5, 0.6) is 0 Å². The van der Waals surface area contributed by atoms with Crippen LogP contribution >= 0.6 is 59.1 Å². The summed E-state index contributed by atoms with van der Waals surface area (Å²) < 4.78 is 2.43. The summed E-state index contributed by atoms with van der Waals surface area (Å²) in [5, 5.41) is 0. The molecule has 0 spiro atoms. The van der Waals surface area contributed by atoms with Crippen molar-refractivity contribution in [1.29, 1.82) is 0 Å². The van der Waals surface area contributed by atoms with Crippen LogP contribution in [0.4, 0.5) is 0 Å². The molecular weight excluding hydrogens is 460 g/mol. The van der Waals surface area contributed by atoms with Gasteiger partial charge in [0, 0.05) is 9.89 Å². The lowest BCUT2D eigenvalue weighted by Crippen LogP contribution is -2.22. The number of thiophene rings is 1. The molecule has 0 fully saturated rings. The number of aromatic amines is 1. The molecule has 19 heavy (non-hydrogen) atoms. The fraction of sp³-hybridized carbons (Fsp3) is 0.333. The van der Waals surface area contributed by atoms with Gasteiger partial charge in [0.2, 0.25) is 0 Å². The van der Waals surface area contributed by atoms with Crippen molar-refractivity contribution >= 4 is 59.1 Å². The fourth-order valence-electron chi connectivity index (χ4n) is 1.54. The van der Waals surface area contributed by atoms with Gasteiger partial charge in [-0.15, -0.1) is 11.3 Å². The van der Waals surface area contributed by atoms with Crippen LogP contribution in [0.15, 0.2) is 23.6 Å². The van der Waals surface area contributed by atoms with E-state index in [1.54, 1.807) is 0 Å². The minimum atomic E-state index is -0.201. The zero-order chi connectivity index (χ0) is 14.4. The van der Waals surface area contributed by atoms with E-state index in [0.717, 1.165) is 18.8 Å². The summed E-state index contributed by atoms with van der Waals surface area (Å²) in [6.07, 6.45) is 0. The summed E-state index contributed by atoms with van der Waals surface area (Å²) in [7, 11) is 0. The van der Waals surface area contributed by atoms with Gasteiger partial charge in [-0.2, -0.15) is 0 Å². The molecule has 0 amide bonds. The van der Waals surface area contributed by atoms with E-state index in [1.807, 2.05) is 26.8 Å². The predicted octanol–water partition coefficient (Wildman–Crippen LogP) is 5.08. The third-order valence-corrected chi connectivity index (χ3v) is 6.45. The van der Waals surface area contributed by atoms with Crippen LogP contribution in [0.1, 0.15) is 26.5 Å². The molecule has 0 saturated carbocycles. The quantitative estimate of drug-likeness (QED) is 0.631. The summed E-state index contributed by atoms with van der Waals surface area (Å²) in [6, 6.07) is 1.94. The van der Waals surface area contributed by atoms with Gasteiger partial charge in [0.1, 0.15) is 4.47 Å². The average molecular weight is 471 g/mol. The SMILES string of the molecule is CC(C)(C)c1nc(-c2cc(Br)c(Br)s2)[nH]c(=O)c1Br. The van der Waals surface area contributed by atoms with Crippen LogP contribution in [0.3, 0.4) is 0 Å². The van der Waals surface area contributed by atoms with Crippen molar-refractivity contribution < 1.29 is 0 Å². The number of nitrogens with one attached hydrogen (secondary N) is 1. The van der Waals surface area contributed by atoms with Gasteiger partial charge in [0.05, 0.1) is 14.4 Å². The van der Waals surface area contributed by atoms with Crippen molar-refractivity contribution in [3.05, 3.63) is 34.8 Å². The van der Waals surface area contributed by atoms with E-state index in [4.69, 9.17) is 0 Å². The molecule has 3 nitrogen and oxygen atoms in total. The number of hydrogen-bond acceptors (Lipinski definition) is 3. The molecule has 2 aromatic rings. The van der Waals surface area contributed by atoms with Gasteiger partial charge in [-0.3, -0.25) is 4.79 Å². The van der Waals surface area contributed by atoms with Crippen molar-refractivity contribution in [3.63, 3.8) is 0 Å². The van der Waals surface area contributed by atoms with E-state index in [-0.39, 0.29) is 11.0 Å². The van der Waals surface area contributed by atoms with E-state index in [9.17, 15) is 4.79 Å². The average Bonchev–Trinajstić information content (AvgIpc) is 2.61. The maximum Gasteiger partial charge on any atom is 0.265 e. The first-order valence-corrected chi connectivity index (χ1v) is 8.65. The maximum atomic E-state index is 12.0. The molecule has 0 aliphatic carbocycles. The maximum absolute atomic E-state index is 12.0. The molecule has 1 N–H and O–H groups in total. The van der Waals surface area contributed by atoms with Gasteiger partial charge in [-0.25, -0.2) is 4.98 Å². The second-order valence-electron chi connectivity index (χ2n) is 5.06. The molecule has 2 aromatic heterocycles. The largest absolute Gasteiger partial charge is 0.305 e. The normalized spacial score (nSPS) is 11.9. The van der Waals surface area contributed by atoms with E-state index in [1.165, 1.54) is 11.3 Å². The monoisotopic (exact) mass is 468 g/mol. The lowest BCUT2D eigenvalue weighted by molar-refractivity contribution is 0.562. The van der Waals surface area contributed by atoms with Gasteiger partial charge in [0.25, 0.3) is 5.56 Å². The van der Waals surface area contributed by atoms with Crippen molar-refractivity contribution in [1.82, 2.24) is 9.97 Å². The smallest absolute Gasteiger partial charge is 0.265 e. The molecule has 102 valence electrons. The summed E-state index contributed by atoms with van der Waals surface area (Å²) in [4.78, 5) is 20.3.